The van der Waals surface area contributed by atoms with Gasteiger partial charge in [-0.2, -0.15) is 4.31 Å². The van der Waals surface area contributed by atoms with E-state index in [1.54, 1.807) is 12.1 Å². The molecule has 9 nitrogen and oxygen atoms in total. The summed E-state index contributed by atoms with van der Waals surface area (Å²) in [6, 6.07) is 13.5. The van der Waals surface area contributed by atoms with Crippen LogP contribution in [0.3, 0.4) is 0 Å². The molecule has 0 aliphatic carbocycles. The third kappa shape index (κ3) is 4.16. The molecule has 0 bridgehead atoms. The molecule has 10 heteroatoms. The van der Waals surface area contributed by atoms with E-state index in [2.05, 4.69) is 53.3 Å². The van der Waals surface area contributed by atoms with Gasteiger partial charge < -0.3 is 9.80 Å². The van der Waals surface area contributed by atoms with Gasteiger partial charge in [-0.3, -0.25) is 4.79 Å². The van der Waals surface area contributed by atoms with E-state index in [4.69, 9.17) is 4.63 Å². The van der Waals surface area contributed by atoms with Gasteiger partial charge in [0.2, 0.25) is 15.9 Å². The van der Waals surface area contributed by atoms with Crippen molar-refractivity contribution < 1.29 is 17.8 Å². The van der Waals surface area contributed by atoms with Gasteiger partial charge in [0.05, 0.1) is 0 Å². The van der Waals surface area contributed by atoms with E-state index in [0.717, 1.165) is 6.54 Å². The van der Waals surface area contributed by atoms with E-state index in [-0.39, 0.29) is 28.3 Å². The van der Waals surface area contributed by atoms with Crippen LogP contribution in [0.2, 0.25) is 0 Å². The van der Waals surface area contributed by atoms with Gasteiger partial charge in [0.25, 0.3) is 0 Å². The zero-order valence-electron chi connectivity index (χ0n) is 19.4. The van der Waals surface area contributed by atoms with Crippen LogP contribution in [0.1, 0.15) is 25.3 Å². The quantitative estimate of drug-likeness (QED) is 0.562. The Labute approximate surface area is 199 Å². The molecule has 3 aromatic rings. The third-order valence-corrected chi connectivity index (χ3v) is 8.87. The minimum atomic E-state index is -3.74. The highest BCUT2D eigenvalue weighted by atomic mass is 32.2. The SMILES string of the molecule is Cc1cccc(N2CCN(C(=O)C3CCN(S(=O)(=O)c4cccc5nonc45)CC3)C[C@H]2C)c1. The normalized spacial score (nSPS) is 20.7. The Balaban J connectivity index is 1.21. The number of hydrogen-bond acceptors (Lipinski definition) is 7. The van der Waals surface area contributed by atoms with E-state index >= 15 is 0 Å². The van der Waals surface area contributed by atoms with Crippen molar-refractivity contribution >= 4 is 32.7 Å². The second-order valence-electron chi connectivity index (χ2n) is 9.23. The van der Waals surface area contributed by atoms with Crippen molar-refractivity contribution in [3.63, 3.8) is 0 Å². The number of piperazine rings is 1. The number of hydrogen-bond donors (Lipinski definition) is 0. The van der Waals surface area contributed by atoms with Crippen LogP contribution in [0.25, 0.3) is 11.0 Å². The summed E-state index contributed by atoms with van der Waals surface area (Å²) in [5.41, 5.74) is 3.06. The fourth-order valence-corrected chi connectivity index (χ4v) is 6.68. The molecule has 1 atom stereocenters. The Kier molecular flexibility index (Phi) is 6.03. The number of fused-ring (bicyclic) bond motifs is 1. The monoisotopic (exact) mass is 483 g/mol. The lowest BCUT2D eigenvalue weighted by Gasteiger charge is -2.43. The van der Waals surface area contributed by atoms with E-state index < -0.39 is 10.0 Å². The topological polar surface area (TPSA) is 99.8 Å². The second-order valence-corrected chi connectivity index (χ2v) is 11.1. The largest absolute Gasteiger partial charge is 0.365 e. The summed E-state index contributed by atoms with van der Waals surface area (Å²) in [5.74, 6) is -0.0238. The zero-order chi connectivity index (χ0) is 23.9. The van der Waals surface area contributed by atoms with Gasteiger partial charge in [0, 0.05) is 50.4 Å². The Bertz CT molecular complexity index is 1300. The average molecular weight is 484 g/mol. The molecule has 0 spiro atoms. The summed E-state index contributed by atoms with van der Waals surface area (Å²) in [5, 5.41) is 7.50. The number of carbonyl (C=O) groups excluding carboxylic acids is 1. The molecular weight excluding hydrogens is 454 g/mol. The maximum Gasteiger partial charge on any atom is 0.245 e. The first-order valence-electron chi connectivity index (χ1n) is 11.7. The minimum absolute atomic E-state index is 0.0946. The number of benzene rings is 2. The second kappa shape index (κ2) is 8.99. The van der Waals surface area contributed by atoms with Gasteiger partial charge in [-0.05, 0) is 66.8 Å². The zero-order valence-corrected chi connectivity index (χ0v) is 20.2. The number of aromatic nitrogens is 2. The first kappa shape index (κ1) is 22.8. The van der Waals surface area contributed by atoms with E-state index in [9.17, 15) is 13.2 Å². The van der Waals surface area contributed by atoms with Crippen LogP contribution in [-0.2, 0) is 14.8 Å². The van der Waals surface area contributed by atoms with Gasteiger partial charge in [0.1, 0.15) is 10.4 Å². The molecule has 1 aromatic heterocycles. The molecular formula is C24H29N5O4S. The van der Waals surface area contributed by atoms with Gasteiger partial charge >= 0.3 is 0 Å². The summed E-state index contributed by atoms with van der Waals surface area (Å²) in [6.07, 6.45) is 1.02. The van der Waals surface area contributed by atoms with Gasteiger partial charge in [-0.15, -0.1) is 0 Å². The number of carbonyl (C=O) groups is 1. The van der Waals surface area contributed by atoms with Crippen LogP contribution in [0.4, 0.5) is 5.69 Å². The summed E-state index contributed by atoms with van der Waals surface area (Å²) >= 11 is 0. The van der Waals surface area contributed by atoms with Gasteiger partial charge in [0.15, 0.2) is 5.52 Å². The molecule has 0 N–H and O–H groups in total. The molecule has 180 valence electrons. The molecule has 3 heterocycles. The van der Waals surface area contributed by atoms with E-state index in [1.165, 1.54) is 21.6 Å². The molecule has 2 aromatic carbocycles. The third-order valence-electron chi connectivity index (χ3n) is 6.94. The molecule has 0 unspecified atom stereocenters. The minimum Gasteiger partial charge on any atom is -0.365 e. The lowest BCUT2D eigenvalue weighted by atomic mass is 9.95. The number of aryl methyl sites for hydroxylation is 1. The number of sulfonamides is 1. The first-order valence-corrected chi connectivity index (χ1v) is 13.1. The average Bonchev–Trinajstić information content (AvgIpc) is 3.32. The summed E-state index contributed by atoms with van der Waals surface area (Å²) < 4.78 is 32.6. The van der Waals surface area contributed by atoms with Crippen molar-refractivity contribution in [2.75, 3.05) is 37.6 Å². The summed E-state index contributed by atoms with van der Waals surface area (Å²) in [6.45, 7) is 6.99. The van der Waals surface area contributed by atoms with Crippen LogP contribution in [-0.4, -0.2) is 72.6 Å². The summed E-state index contributed by atoms with van der Waals surface area (Å²) in [7, 11) is -3.74. The number of rotatable bonds is 4. The fourth-order valence-electron chi connectivity index (χ4n) is 5.08. The number of piperidine rings is 1. The molecule has 1 amide bonds. The van der Waals surface area contributed by atoms with Crippen LogP contribution < -0.4 is 4.90 Å². The summed E-state index contributed by atoms with van der Waals surface area (Å²) in [4.78, 5) is 17.7. The van der Waals surface area contributed by atoms with Crippen molar-refractivity contribution in [2.45, 2.75) is 37.6 Å². The van der Waals surface area contributed by atoms with Crippen molar-refractivity contribution in [3.8, 4) is 0 Å². The van der Waals surface area contributed by atoms with Crippen molar-refractivity contribution in [1.29, 1.82) is 0 Å². The highest BCUT2D eigenvalue weighted by Gasteiger charge is 2.36. The standard InChI is InChI=1S/C24H29N5O4S/c1-17-5-3-6-20(15-17)29-14-13-27(16-18(29)2)24(30)19-9-11-28(12-10-19)34(31,32)22-8-4-7-21-23(22)26-33-25-21/h3-8,15,18-19H,9-14,16H2,1-2H3/t18-/m1/s1. The Morgan fingerprint density at radius 2 is 1.79 bits per heavy atom. The predicted molar refractivity (Wildman–Crippen MR) is 128 cm³/mol. The predicted octanol–water partition coefficient (Wildman–Crippen LogP) is 2.67. The molecule has 34 heavy (non-hydrogen) atoms. The van der Waals surface area contributed by atoms with Crippen LogP contribution >= 0.6 is 0 Å². The number of amides is 1. The molecule has 0 radical (unpaired) electrons. The Morgan fingerprint density at radius 1 is 1.03 bits per heavy atom. The number of anilines is 1. The van der Waals surface area contributed by atoms with Gasteiger partial charge in [-0.25, -0.2) is 13.0 Å². The lowest BCUT2D eigenvalue weighted by molar-refractivity contribution is -0.137. The smallest absolute Gasteiger partial charge is 0.245 e. The van der Waals surface area contributed by atoms with E-state index in [1.807, 2.05) is 4.90 Å². The van der Waals surface area contributed by atoms with Crippen LogP contribution in [0.15, 0.2) is 52.0 Å². The Morgan fingerprint density at radius 3 is 2.53 bits per heavy atom. The van der Waals surface area contributed by atoms with Crippen molar-refractivity contribution in [1.82, 2.24) is 19.5 Å². The maximum atomic E-state index is 13.3. The first-order chi connectivity index (χ1) is 16.3. The number of nitrogens with zero attached hydrogens (tertiary/aromatic N) is 5. The van der Waals surface area contributed by atoms with Crippen LogP contribution in [0.5, 0.6) is 0 Å². The molecule has 2 aliphatic rings. The fraction of sp³-hybridized carbons (Fsp3) is 0.458. The Hall–Kier alpha value is -2.98. The highest BCUT2D eigenvalue weighted by molar-refractivity contribution is 7.89. The molecule has 2 saturated heterocycles. The maximum absolute atomic E-state index is 13.3. The van der Waals surface area contributed by atoms with Crippen molar-refractivity contribution in [2.24, 2.45) is 5.92 Å². The molecule has 0 saturated carbocycles. The van der Waals surface area contributed by atoms with Crippen molar-refractivity contribution in [3.05, 3.63) is 48.0 Å². The highest BCUT2D eigenvalue weighted by Crippen LogP contribution is 2.29. The lowest BCUT2D eigenvalue weighted by Crippen LogP contribution is -2.55. The molecule has 2 fully saturated rings. The van der Waals surface area contributed by atoms with E-state index in [0.29, 0.717) is 44.5 Å². The van der Waals surface area contributed by atoms with Gasteiger partial charge in [-0.1, -0.05) is 18.2 Å². The van der Waals surface area contributed by atoms with Crippen LogP contribution in [0, 0.1) is 12.8 Å². The molecule has 5 rings (SSSR count). The molecule has 2 aliphatic heterocycles.